The van der Waals surface area contributed by atoms with Crippen molar-refractivity contribution in [3.63, 3.8) is 0 Å². The van der Waals surface area contributed by atoms with Gasteiger partial charge in [-0.3, -0.25) is 0 Å². The molecule has 0 aliphatic heterocycles. The van der Waals surface area contributed by atoms with Gasteiger partial charge in [0.2, 0.25) is 0 Å². The molecule has 0 aliphatic rings. The van der Waals surface area contributed by atoms with E-state index in [0.717, 1.165) is 11.0 Å². The summed E-state index contributed by atoms with van der Waals surface area (Å²) in [5.74, 6) is -0.962. The Morgan fingerprint density at radius 2 is 2.29 bits per heavy atom. The van der Waals surface area contributed by atoms with Crippen molar-refractivity contribution in [1.29, 1.82) is 0 Å². The first kappa shape index (κ1) is 11.6. The zero-order valence-corrected chi connectivity index (χ0v) is 9.50. The van der Waals surface area contributed by atoms with E-state index in [9.17, 15) is 9.90 Å². The predicted molar refractivity (Wildman–Crippen MR) is 63.0 cm³/mol. The number of rotatable bonds is 4. The number of aliphatic hydroxyl groups excluding tert-OH is 1. The number of benzene rings is 1. The Labute approximate surface area is 98.3 Å². The number of hydrogen-bond acceptors (Lipinski definition) is 3. The first-order valence-electron chi connectivity index (χ1n) is 5.48. The molecule has 0 amide bonds. The first-order valence-corrected chi connectivity index (χ1v) is 5.48. The largest absolute Gasteiger partial charge is 0.478 e. The molecule has 0 radical (unpaired) electrons. The minimum atomic E-state index is -0.962. The van der Waals surface area contributed by atoms with Crippen molar-refractivity contribution in [3.05, 3.63) is 30.1 Å². The summed E-state index contributed by atoms with van der Waals surface area (Å²) in [7, 11) is 0. The number of aromatic nitrogens is 2. The van der Waals surface area contributed by atoms with Crippen LogP contribution >= 0.6 is 0 Å². The van der Waals surface area contributed by atoms with Crippen LogP contribution in [0.5, 0.6) is 0 Å². The number of fused-ring (bicyclic) bond motifs is 1. The number of carboxylic acid groups (broad SMARTS) is 1. The molecule has 5 nitrogen and oxygen atoms in total. The molecule has 0 saturated heterocycles. The minimum absolute atomic E-state index is 0.227. The average Bonchev–Trinajstić information content (AvgIpc) is 2.71. The summed E-state index contributed by atoms with van der Waals surface area (Å²) >= 11 is 0. The lowest BCUT2D eigenvalue weighted by Crippen LogP contribution is -2.13. The number of nitrogens with zero attached hydrogens (tertiary/aromatic N) is 2. The van der Waals surface area contributed by atoms with Gasteiger partial charge in [-0.15, -0.1) is 0 Å². The van der Waals surface area contributed by atoms with Crippen LogP contribution in [-0.4, -0.2) is 31.8 Å². The Kier molecular flexibility index (Phi) is 3.10. The van der Waals surface area contributed by atoms with Crippen molar-refractivity contribution in [2.75, 3.05) is 0 Å². The van der Waals surface area contributed by atoms with Gasteiger partial charge in [0.25, 0.3) is 0 Å². The summed E-state index contributed by atoms with van der Waals surface area (Å²) in [5.41, 5.74) is 1.70. The van der Waals surface area contributed by atoms with E-state index in [2.05, 4.69) is 4.98 Å². The van der Waals surface area contributed by atoms with Crippen LogP contribution in [0.4, 0.5) is 0 Å². The Hall–Kier alpha value is -1.88. The van der Waals surface area contributed by atoms with Crippen LogP contribution in [0.25, 0.3) is 11.0 Å². The standard InChI is InChI=1S/C12H14N2O3/c1-2-9(15)6-14-7-13-10-4-3-8(12(16)17)5-11(10)14/h3-5,7,9,15H,2,6H2,1H3,(H,16,17)/t9-/m0/s1. The van der Waals surface area contributed by atoms with E-state index < -0.39 is 12.1 Å². The smallest absolute Gasteiger partial charge is 0.335 e. The lowest BCUT2D eigenvalue weighted by Gasteiger charge is -2.09. The van der Waals surface area contributed by atoms with E-state index in [0.29, 0.717) is 13.0 Å². The second-order valence-corrected chi connectivity index (χ2v) is 3.97. The van der Waals surface area contributed by atoms with E-state index in [1.807, 2.05) is 6.92 Å². The summed E-state index contributed by atoms with van der Waals surface area (Å²) in [6.07, 6.45) is 1.83. The van der Waals surface area contributed by atoms with Crippen molar-refractivity contribution >= 4 is 17.0 Å². The second kappa shape index (κ2) is 4.55. The van der Waals surface area contributed by atoms with Crippen LogP contribution in [-0.2, 0) is 6.54 Å². The highest BCUT2D eigenvalue weighted by molar-refractivity contribution is 5.92. The van der Waals surface area contributed by atoms with E-state index in [1.165, 1.54) is 6.07 Å². The van der Waals surface area contributed by atoms with Gasteiger partial charge in [-0.05, 0) is 24.6 Å². The van der Waals surface area contributed by atoms with Crippen molar-refractivity contribution in [1.82, 2.24) is 9.55 Å². The van der Waals surface area contributed by atoms with Crippen LogP contribution in [0.3, 0.4) is 0 Å². The Bertz CT molecular complexity index is 548. The summed E-state index contributed by atoms with van der Waals surface area (Å²) in [6, 6.07) is 4.78. The molecule has 5 heteroatoms. The average molecular weight is 234 g/mol. The van der Waals surface area contributed by atoms with E-state index in [1.54, 1.807) is 23.0 Å². The number of aromatic carboxylic acids is 1. The molecule has 2 aromatic rings. The highest BCUT2D eigenvalue weighted by Gasteiger charge is 2.10. The molecule has 0 unspecified atom stereocenters. The summed E-state index contributed by atoms with van der Waals surface area (Å²) < 4.78 is 1.77. The fourth-order valence-corrected chi connectivity index (χ4v) is 1.69. The lowest BCUT2D eigenvalue weighted by atomic mass is 10.2. The number of aliphatic hydroxyl groups is 1. The predicted octanol–water partition coefficient (Wildman–Crippen LogP) is 1.51. The quantitative estimate of drug-likeness (QED) is 0.840. The highest BCUT2D eigenvalue weighted by atomic mass is 16.4. The van der Waals surface area contributed by atoms with Crippen molar-refractivity contribution in [2.45, 2.75) is 26.0 Å². The van der Waals surface area contributed by atoms with Gasteiger partial charge in [0.15, 0.2) is 0 Å². The third-order valence-electron chi connectivity index (χ3n) is 2.75. The Balaban J connectivity index is 2.43. The SMILES string of the molecule is CC[C@H](O)Cn1cnc2ccc(C(=O)O)cc21. The number of carbonyl (C=O) groups is 1. The van der Waals surface area contributed by atoms with Crippen molar-refractivity contribution in [3.8, 4) is 0 Å². The van der Waals surface area contributed by atoms with Gasteiger partial charge in [0.05, 0.1) is 35.6 Å². The minimum Gasteiger partial charge on any atom is -0.478 e. The molecule has 2 N–H and O–H groups in total. The van der Waals surface area contributed by atoms with E-state index >= 15 is 0 Å². The van der Waals surface area contributed by atoms with Crippen LogP contribution in [0, 0.1) is 0 Å². The third-order valence-corrected chi connectivity index (χ3v) is 2.75. The zero-order chi connectivity index (χ0) is 12.4. The molecule has 0 spiro atoms. The summed E-state index contributed by atoms with van der Waals surface area (Å²) in [4.78, 5) is 15.0. The second-order valence-electron chi connectivity index (χ2n) is 3.97. The van der Waals surface area contributed by atoms with Gasteiger partial charge >= 0.3 is 5.97 Å². The Morgan fingerprint density at radius 3 is 2.94 bits per heavy atom. The molecule has 2 rings (SSSR count). The molecule has 0 fully saturated rings. The summed E-state index contributed by atoms with van der Waals surface area (Å²) in [6.45, 7) is 2.32. The van der Waals surface area contributed by atoms with Crippen LogP contribution in [0.2, 0.25) is 0 Å². The van der Waals surface area contributed by atoms with Crippen molar-refractivity contribution in [2.24, 2.45) is 0 Å². The maximum atomic E-state index is 10.9. The number of carboxylic acids is 1. The maximum absolute atomic E-state index is 10.9. The monoisotopic (exact) mass is 234 g/mol. The fraction of sp³-hybridized carbons (Fsp3) is 0.333. The molecule has 1 heterocycles. The normalized spacial score (nSPS) is 12.8. The van der Waals surface area contributed by atoms with E-state index in [4.69, 9.17) is 5.11 Å². The molecule has 90 valence electrons. The molecule has 1 aromatic carbocycles. The van der Waals surface area contributed by atoms with E-state index in [-0.39, 0.29) is 5.56 Å². The lowest BCUT2D eigenvalue weighted by molar-refractivity contribution is 0.0697. The molecule has 0 bridgehead atoms. The Morgan fingerprint density at radius 1 is 1.53 bits per heavy atom. The van der Waals surface area contributed by atoms with Crippen LogP contribution < -0.4 is 0 Å². The zero-order valence-electron chi connectivity index (χ0n) is 9.50. The van der Waals surface area contributed by atoms with Gasteiger partial charge in [-0.25, -0.2) is 9.78 Å². The molecule has 1 aromatic heterocycles. The molecular weight excluding hydrogens is 220 g/mol. The van der Waals surface area contributed by atoms with Crippen molar-refractivity contribution < 1.29 is 15.0 Å². The van der Waals surface area contributed by atoms with Gasteiger partial charge in [-0.2, -0.15) is 0 Å². The number of hydrogen-bond donors (Lipinski definition) is 2. The third kappa shape index (κ3) is 2.29. The van der Waals surface area contributed by atoms with Gasteiger partial charge in [0.1, 0.15) is 0 Å². The molecule has 0 saturated carbocycles. The number of imidazole rings is 1. The van der Waals surface area contributed by atoms with Gasteiger partial charge in [0, 0.05) is 0 Å². The van der Waals surface area contributed by atoms with Gasteiger partial charge in [-0.1, -0.05) is 6.92 Å². The molecule has 0 aliphatic carbocycles. The van der Waals surface area contributed by atoms with Crippen LogP contribution in [0.15, 0.2) is 24.5 Å². The van der Waals surface area contributed by atoms with Crippen LogP contribution in [0.1, 0.15) is 23.7 Å². The topological polar surface area (TPSA) is 75.3 Å². The summed E-state index contributed by atoms with van der Waals surface area (Å²) in [5, 5.41) is 18.5. The fourth-order valence-electron chi connectivity index (χ4n) is 1.69. The molecular formula is C12H14N2O3. The van der Waals surface area contributed by atoms with Gasteiger partial charge < -0.3 is 14.8 Å². The first-order chi connectivity index (χ1) is 8.11. The highest BCUT2D eigenvalue weighted by Crippen LogP contribution is 2.16. The molecule has 1 atom stereocenters. The molecule has 17 heavy (non-hydrogen) atoms. The maximum Gasteiger partial charge on any atom is 0.335 e.